The highest BCUT2D eigenvalue weighted by molar-refractivity contribution is 6.31. The minimum atomic E-state index is 0.0713. The molecule has 0 aliphatic carbocycles. The fourth-order valence-corrected chi connectivity index (χ4v) is 3.64. The van der Waals surface area contributed by atoms with Gasteiger partial charge in [-0.25, -0.2) is 0 Å². The second-order valence-corrected chi connectivity index (χ2v) is 7.75. The molecule has 28 heavy (non-hydrogen) atoms. The molecule has 4 rings (SSSR count). The van der Waals surface area contributed by atoms with Crippen molar-refractivity contribution in [3.05, 3.63) is 59.1 Å². The number of hydrogen-bond acceptors (Lipinski definition) is 6. The number of likely N-dealkylation sites (N-methyl/N-ethyl adjacent to an activating group) is 1. The molecule has 0 bridgehead atoms. The van der Waals surface area contributed by atoms with Gasteiger partial charge >= 0.3 is 0 Å². The Morgan fingerprint density at radius 1 is 1.14 bits per heavy atom. The topological polar surface area (TPSA) is 58.3 Å². The Bertz CT molecular complexity index is 936. The minimum Gasteiger partial charge on any atom is -0.369 e. The van der Waals surface area contributed by atoms with Gasteiger partial charge in [-0.15, -0.1) is 0 Å². The van der Waals surface area contributed by atoms with Crippen LogP contribution in [0.25, 0.3) is 11.5 Å². The molecular weight excluding hydrogens is 374 g/mol. The van der Waals surface area contributed by atoms with E-state index < -0.39 is 0 Å². The van der Waals surface area contributed by atoms with Crippen molar-refractivity contribution in [3.63, 3.8) is 0 Å². The smallest absolute Gasteiger partial charge is 0.230 e. The maximum absolute atomic E-state index is 6.27. The SMILES string of the molecule is CC(Cc1ccccc1Cl)c1nc(-c2cc(N3CCN(C)CC3)ccn2)no1. The van der Waals surface area contributed by atoms with Crippen LogP contribution in [0.5, 0.6) is 0 Å². The summed E-state index contributed by atoms with van der Waals surface area (Å²) in [5.74, 6) is 1.20. The highest BCUT2D eigenvalue weighted by Gasteiger charge is 2.19. The number of hydrogen-bond donors (Lipinski definition) is 0. The van der Waals surface area contributed by atoms with Crippen molar-refractivity contribution in [3.8, 4) is 11.5 Å². The molecule has 1 aliphatic rings. The van der Waals surface area contributed by atoms with Crippen LogP contribution in [-0.2, 0) is 6.42 Å². The van der Waals surface area contributed by atoms with E-state index in [4.69, 9.17) is 16.1 Å². The molecule has 146 valence electrons. The van der Waals surface area contributed by atoms with Crippen molar-refractivity contribution < 1.29 is 4.52 Å². The zero-order valence-electron chi connectivity index (χ0n) is 16.2. The second kappa shape index (κ2) is 8.29. The fraction of sp³-hybridized carbons (Fsp3) is 0.381. The van der Waals surface area contributed by atoms with E-state index in [2.05, 4.69) is 38.9 Å². The van der Waals surface area contributed by atoms with Crippen LogP contribution in [0.4, 0.5) is 5.69 Å². The van der Waals surface area contributed by atoms with Gasteiger partial charge in [-0.1, -0.05) is 41.9 Å². The van der Waals surface area contributed by atoms with Crippen LogP contribution in [0.1, 0.15) is 24.3 Å². The Balaban J connectivity index is 1.49. The predicted molar refractivity (Wildman–Crippen MR) is 111 cm³/mol. The van der Waals surface area contributed by atoms with E-state index in [-0.39, 0.29) is 5.92 Å². The monoisotopic (exact) mass is 397 g/mol. The molecule has 1 atom stereocenters. The Hall–Kier alpha value is -2.44. The van der Waals surface area contributed by atoms with Gasteiger partial charge in [-0.05, 0) is 37.2 Å². The third-order valence-corrected chi connectivity index (χ3v) is 5.56. The normalized spacial score (nSPS) is 16.3. The van der Waals surface area contributed by atoms with Gasteiger partial charge in [-0.2, -0.15) is 4.98 Å². The molecule has 7 heteroatoms. The van der Waals surface area contributed by atoms with Crippen LogP contribution in [-0.4, -0.2) is 53.3 Å². The summed E-state index contributed by atoms with van der Waals surface area (Å²) < 4.78 is 5.53. The molecule has 0 amide bonds. The standard InChI is InChI=1S/C21H24ClN5O/c1-15(13-16-5-3-4-6-18(16)22)21-24-20(25-28-21)19-14-17(7-8-23-19)27-11-9-26(2)10-12-27/h3-8,14-15H,9-13H2,1-2H3. The summed E-state index contributed by atoms with van der Waals surface area (Å²) in [5, 5.41) is 4.92. The lowest BCUT2D eigenvalue weighted by Gasteiger charge is -2.34. The first kappa shape index (κ1) is 18.9. The molecule has 3 heterocycles. The summed E-state index contributed by atoms with van der Waals surface area (Å²) in [6.07, 6.45) is 2.56. The van der Waals surface area contributed by atoms with Crippen molar-refractivity contribution in [2.24, 2.45) is 0 Å². The predicted octanol–water partition coefficient (Wildman–Crippen LogP) is 3.88. The molecule has 1 aliphatic heterocycles. The van der Waals surface area contributed by atoms with Gasteiger partial charge in [0.1, 0.15) is 5.69 Å². The van der Waals surface area contributed by atoms with Gasteiger partial charge in [0, 0.05) is 49.0 Å². The summed E-state index contributed by atoms with van der Waals surface area (Å²) >= 11 is 6.27. The van der Waals surface area contributed by atoms with Gasteiger partial charge in [-0.3, -0.25) is 4.98 Å². The molecule has 1 aromatic carbocycles. The maximum Gasteiger partial charge on any atom is 0.230 e. The third-order valence-electron chi connectivity index (χ3n) is 5.19. The van der Waals surface area contributed by atoms with E-state index in [1.54, 1.807) is 0 Å². The zero-order chi connectivity index (χ0) is 19.5. The zero-order valence-corrected chi connectivity index (χ0v) is 16.9. The van der Waals surface area contributed by atoms with Crippen molar-refractivity contribution >= 4 is 17.3 Å². The maximum atomic E-state index is 6.27. The molecule has 0 radical (unpaired) electrons. The van der Waals surface area contributed by atoms with Gasteiger partial charge in [0.15, 0.2) is 0 Å². The van der Waals surface area contributed by atoms with Crippen LogP contribution >= 0.6 is 11.6 Å². The number of anilines is 1. The molecule has 0 saturated carbocycles. The van der Waals surface area contributed by atoms with Crippen LogP contribution in [0.15, 0.2) is 47.1 Å². The quantitative estimate of drug-likeness (QED) is 0.651. The molecule has 0 spiro atoms. The van der Waals surface area contributed by atoms with Crippen LogP contribution in [0.2, 0.25) is 5.02 Å². The van der Waals surface area contributed by atoms with Crippen LogP contribution < -0.4 is 4.90 Å². The van der Waals surface area contributed by atoms with E-state index >= 15 is 0 Å². The molecule has 6 nitrogen and oxygen atoms in total. The first-order valence-corrected chi connectivity index (χ1v) is 9.95. The Morgan fingerprint density at radius 3 is 2.71 bits per heavy atom. The molecule has 2 aromatic heterocycles. The average molecular weight is 398 g/mol. The van der Waals surface area contributed by atoms with E-state index in [0.717, 1.165) is 54.6 Å². The average Bonchev–Trinajstić information content (AvgIpc) is 3.21. The van der Waals surface area contributed by atoms with Crippen molar-refractivity contribution in [2.45, 2.75) is 19.3 Å². The Morgan fingerprint density at radius 2 is 1.93 bits per heavy atom. The summed E-state index contributed by atoms with van der Waals surface area (Å²) in [5.41, 5.74) is 2.96. The number of benzene rings is 1. The summed E-state index contributed by atoms with van der Waals surface area (Å²) in [7, 11) is 2.15. The second-order valence-electron chi connectivity index (χ2n) is 7.34. The van der Waals surface area contributed by atoms with Crippen molar-refractivity contribution in [2.75, 3.05) is 38.1 Å². The summed E-state index contributed by atoms with van der Waals surface area (Å²) in [6, 6.07) is 11.9. The number of nitrogens with zero attached hydrogens (tertiary/aromatic N) is 5. The Labute approximate surface area is 170 Å². The third kappa shape index (κ3) is 4.18. The minimum absolute atomic E-state index is 0.0713. The lowest BCUT2D eigenvalue weighted by Crippen LogP contribution is -2.44. The number of halogens is 1. The van der Waals surface area contributed by atoms with E-state index in [1.165, 1.54) is 0 Å². The first-order chi connectivity index (χ1) is 13.6. The van der Waals surface area contributed by atoms with Crippen LogP contribution in [0.3, 0.4) is 0 Å². The van der Waals surface area contributed by atoms with Gasteiger partial charge in [0.05, 0.1) is 0 Å². The van der Waals surface area contributed by atoms with Gasteiger partial charge in [0.25, 0.3) is 0 Å². The number of pyridine rings is 1. The summed E-state index contributed by atoms with van der Waals surface area (Å²) in [4.78, 5) is 13.7. The molecular formula is C21H24ClN5O. The molecule has 0 N–H and O–H groups in total. The number of aromatic nitrogens is 3. The van der Waals surface area contributed by atoms with Crippen LogP contribution in [0, 0.1) is 0 Å². The van der Waals surface area contributed by atoms with E-state index in [1.807, 2.05) is 42.6 Å². The van der Waals surface area contributed by atoms with Gasteiger partial charge < -0.3 is 14.3 Å². The molecule has 1 saturated heterocycles. The lowest BCUT2D eigenvalue weighted by atomic mass is 10.0. The largest absolute Gasteiger partial charge is 0.369 e. The highest BCUT2D eigenvalue weighted by Crippen LogP contribution is 2.26. The van der Waals surface area contributed by atoms with Crippen molar-refractivity contribution in [1.29, 1.82) is 0 Å². The summed E-state index contributed by atoms with van der Waals surface area (Å²) in [6.45, 7) is 6.19. The van der Waals surface area contributed by atoms with Crippen molar-refractivity contribution in [1.82, 2.24) is 20.0 Å². The lowest BCUT2D eigenvalue weighted by molar-refractivity contribution is 0.313. The fourth-order valence-electron chi connectivity index (χ4n) is 3.42. The van der Waals surface area contributed by atoms with E-state index in [0.29, 0.717) is 11.7 Å². The van der Waals surface area contributed by atoms with E-state index in [9.17, 15) is 0 Å². The van der Waals surface area contributed by atoms with Gasteiger partial charge in [0.2, 0.25) is 11.7 Å². The molecule has 1 fully saturated rings. The first-order valence-electron chi connectivity index (χ1n) is 9.57. The number of piperazine rings is 1. The molecule has 1 unspecified atom stereocenters. The highest BCUT2D eigenvalue weighted by atomic mass is 35.5. The number of rotatable bonds is 5. The Kier molecular flexibility index (Phi) is 5.59. The molecule has 3 aromatic rings.